The highest BCUT2D eigenvalue weighted by Gasteiger charge is 2.79. The van der Waals surface area contributed by atoms with Gasteiger partial charge in [-0.2, -0.15) is 0 Å². The zero-order valence-electron chi connectivity index (χ0n) is 22.6. The van der Waals surface area contributed by atoms with Crippen LogP contribution in [-0.4, -0.2) is 81.8 Å². The predicted octanol–water partition coefficient (Wildman–Crippen LogP) is 3.09. The summed E-state index contributed by atoms with van der Waals surface area (Å²) < 4.78 is 12.1. The van der Waals surface area contributed by atoms with Gasteiger partial charge in [0.2, 0.25) is 11.8 Å². The number of carbonyl (C=O) groups excluding carboxylic acids is 3. The fourth-order valence-electron chi connectivity index (χ4n) is 6.76. The topological polar surface area (TPSA) is 96.4 Å². The molecule has 0 radical (unpaired) electrons. The molecule has 0 aromatic carbocycles. The van der Waals surface area contributed by atoms with Crippen molar-refractivity contribution >= 4 is 17.8 Å². The van der Waals surface area contributed by atoms with E-state index in [2.05, 4.69) is 20.1 Å². The summed E-state index contributed by atoms with van der Waals surface area (Å²) in [4.78, 5) is 45.2. The quantitative estimate of drug-likeness (QED) is 0.306. The summed E-state index contributed by atoms with van der Waals surface area (Å²) in [6.45, 7) is 17.5. The van der Waals surface area contributed by atoms with Crippen molar-refractivity contribution in [2.24, 2.45) is 17.8 Å². The Labute approximate surface area is 215 Å². The predicted molar refractivity (Wildman–Crippen MR) is 137 cm³/mol. The first-order valence-corrected chi connectivity index (χ1v) is 13.4. The lowest BCUT2D eigenvalue weighted by Gasteiger charge is -2.42. The van der Waals surface area contributed by atoms with E-state index in [0.717, 1.165) is 19.3 Å². The standard InChI is InChI=1S/C28H44N2O6/c1-8-12-19(6)29(15-9-2)25(33)23-28-14-13-27(7,36-28)22(26(34)35-16-10-3)21(28)24(32)30(23)20(17-31)18(5)11-4/h9-10,18-23,31H,2-3,8,11-17H2,1,4-7H3/t18-,19?,20-,21-,22-,23?,27+,28?/m0/s1. The van der Waals surface area contributed by atoms with Crippen LogP contribution in [0.2, 0.25) is 0 Å². The molecule has 2 bridgehead atoms. The first-order valence-electron chi connectivity index (χ1n) is 13.4. The van der Waals surface area contributed by atoms with Gasteiger partial charge >= 0.3 is 5.97 Å². The van der Waals surface area contributed by atoms with Crippen molar-refractivity contribution in [3.63, 3.8) is 0 Å². The normalized spacial score (nSPS) is 33.1. The van der Waals surface area contributed by atoms with E-state index in [1.807, 2.05) is 27.7 Å². The van der Waals surface area contributed by atoms with Crippen molar-refractivity contribution in [3.8, 4) is 0 Å². The number of amides is 2. The first-order chi connectivity index (χ1) is 17.1. The molecule has 1 spiro atoms. The van der Waals surface area contributed by atoms with Crippen LogP contribution in [0.25, 0.3) is 0 Å². The first kappa shape index (κ1) is 28.4. The molecule has 3 rings (SSSR count). The Balaban J connectivity index is 2.15. The number of likely N-dealkylation sites (tertiary alicyclic amines) is 1. The molecule has 3 saturated heterocycles. The monoisotopic (exact) mass is 504 g/mol. The second-order valence-corrected chi connectivity index (χ2v) is 10.9. The third-order valence-electron chi connectivity index (χ3n) is 8.74. The molecule has 8 nitrogen and oxygen atoms in total. The molecular weight excluding hydrogens is 460 g/mol. The van der Waals surface area contributed by atoms with Gasteiger partial charge in [0, 0.05) is 12.6 Å². The lowest BCUT2D eigenvalue weighted by Crippen LogP contribution is -2.61. The van der Waals surface area contributed by atoms with Crippen LogP contribution in [0.1, 0.15) is 66.7 Å². The molecule has 3 fully saturated rings. The molecule has 3 aliphatic rings. The Kier molecular flexibility index (Phi) is 8.71. The molecule has 3 aliphatic heterocycles. The number of esters is 1. The van der Waals surface area contributed by atoms with Crippen molar-refractivity contribution in [2.45, 2.75) is 96.1 Å². The fraction of sp³-hybridized carbons (Fsp3) is 0.750. The van der Waals surface area contributed by atoms with Crippen LogP contribution in [-0.2, 0) is 23.9 Å². The number of ether oxygens (including phenoxy) is 2. The maximum Gasteiger partial charge on any atom is 0.313 e. The summed E-state index contributed by atoms with van der Waals surface area (Å²) in [6, 6.07) is -1.56. The Bertz CT molecular complexity index is 876. The van der Waals surface area contributed by atoms with Crippen LogP contribution in [0.4, 0.5) is 0 Å². The van der Waals surface area contributed by atoms with Gasteiger partial charge < -0.3 is 24.4 Å². The summed E-state index contributed by atoms with van der Waals surface area (Å²) in [5, 5.41) is 10.4. The number of carbonyl (C=O) groups is 3. The Morgan fingerprint density at radius 3 is 2.53 bits per heavy atom. The minimum absolute atomic E-state index is 0.0408. The van der Waals surface area contributed by atoms with Gasteiger partial charge in [0.15, 0.2) is 0 Å². The van der Waals surface area contributed by atoms with Crippen molar-refractivity contribution in [1.29, 1.82) is 0 Å². The van der Waals surface area contributed by atoms with Gasteiger partial charge in [0.05, 0.1) is 24.2 Å². The van der Waals surface area contributed by atoms with E-state index in [1.54, 1.807) is 15.9 Å². The van der Waals surface area contributed by atoms with Gasteiger partial charge in [-0.3, -0.25) is 14.4 Å². The fourth-order valence-corrected chi connectivity index (χ4v) is 6.76. The van der Waals surface area contributed by atoms with Crippen molar-refractivity contribution in [1.82, 2.24) is 9.80 Å². The molecule has 2 amide bonds. The second kappa shape index (κ2) is 11.1. The number of rotatable bonds is 13. The third kappa shape index (κ3) is 4.40. The van der Waals surface area contributed by atoms with Crippen molar-refractivity contribution in [3.05, 3.63) is 25.3 Å². The van der Waals surface area contributed by atoms with E-state index < -0.39 is 41.1 Å². The zero-order chi connectivity index (χ0) is 26.8. The van der Waals surface area contributed by atoms with Crippen LogP contribution in [0.3, 0.4) is 0 Å². The number of fused-ring (bicyclic) bond motifs is 1. The number of aliphatic hydroxyl groups is 1. The Morgan fingerprint density at radius 2 is 1.97 bits per heavy atom. The molecule has 8 heteroatoms. The van der Waals surface area contributed by atoms with Gasteiger partial charge in [0.1, 0.15) is 24.2 Å². The van der Waals surface area contributed by atoms with Gasteiger partial charge in [-0.1, -0.05) is 52.3 Å². The van der Waals surface area contributed by atoms with Crippen LogP contribution in [0.5, 0.6) is 0 Å². The smallest absolute Gasteiger partial charge is 0.313 e. The maximum absolute atomic E-state index is 14.4. The summed E-state index contributed by atoms with van der Waals surface area (Å²) in [6.07, 6.45) is 6.65. The molecule has 8 atom stereocenters. The van der Waals surface area contributed by atoms with Gasteiger partial charge in [0.25, 0.3) is 0 Å². The summed E-state index contributed by atoms with van der Waals surface area (Å²) in [7, 11) is 0. The number of hydrogen-bond donors (Lipinski definition) is 1. The third-order valence-corrected chi connectivity index (χ3v) is 8.74. The minimum Gasteiger partial charge on any atom is -0.461 e. The van der Waals surface area contributed by atoms with Gasteiger partial charge in [-0.05, 0) is 39.0 Å². The molecule has 0 saturated carbocycles. The largest absolute Gasteiger partial charge is 0.461 e. The molecule has 202 valence electrons. The van der Waals surface area contributed by atoms with E-state index in [9.17, 15) is 19.5 Å². The van der Waals surface area contributed by atoms with Gasteiger partial charge in [-0.15, -0.1) is 6.58 Å². The second-order valence-electron chi connectivity index (χ2n) is 10.9. The van der Waals surface area contributed by atoms with Crippen LogP contribution < -0.4 is 0 Å². The number of nitrogens with zero attached hydrogens (tertiary/aromatic N) is 2. The summed E-state index contributed by atoms with van der Waals surface area (Å²) in [5.74, 6) is -2.74. The number of aliphatic hydroxyl groups excluding tert-OH is 1. The SMILES string of the molecule is C=CCOC(=O)[C@@H]1[C@H]2C(=O)N([C@@H](CO)[C@@H](C)CC)C(C(=O)N(CC=C)C(C)CCC)C23CC[C@@]1(C)O3. The van der Waals surface area contributed by atoms with Crippen molar-refractivity contribution < 1.29 is 29.0 Å². The molecule has 0 aromatic rings. The molecule has 3 unspecified atom stereocenters. The molecule has 0 aromatic heterocycles. The summed E-state index contributed by atoms with van der Waals surface area (Å²) >= 11 is 0. The average Bonchev–Trinajstić information content (AvgIpc) is 3.42. The van der Waals surface area contributed by atoms with E-state index in [-0.39, 0.29) is 37.0 Å². The Morgan fingerprint density at radius 1 is 1.28 bits per heavy atom. The number of hydrogen-bond acceptors (Lipinski definition) is 6. The van der Waals surface area contributed by atoms with E-state index in [4.69, 9.17) is 9.47 Å². The average molecular weight is 505 g/mol. The molecule has 1 N–H and O–H groups in total. The highest BCUT2D eigenvalue weighted by Crippen LogP contribution is 2.64. The van der Waals surface area contributed by atoms with E-state index in [1.165, 1.54) is 6.08 Å². The molecular formula is C28H44N2O6. The maximum atomic E-state index is 14.4. The van der Waals surface area contributed by atoms with Crippen LogP contribution in [0, 0.1) is 17.8 Å². The molecule has 3 heterocycles. The van der Waals surface area contributed by atoms with Gasteiger partial charge in [-0.25, -0.2) is 0 Å². The zero-order valence-corrected chi connectivity index (χ0v) is 22.6. The lowest BCUT2D eigenvalue weighted by atomic mass is 9.66. The lowest BCUT2D eigenvalue weighted by molar-refractivity contribution is -0.162. The van der Waals surface area contributed by atoms with Crippen LogP contribution in [0.15, 0.2) is 25.3 Å². The Hall–Kier alpha value is -2.19. The van der Waals surface area contributed by atoms with E-state index >= 15 is 0 Å². The minimum atomic E-state index is -1.15. The van der Waals surface area contributed by atoms with Crippen molar-refractivity contribution in [2.75, 3.05) is 19.8 Å². The molecule has 0 aliphatic carbocycles. The highest BCUT2D eigenvalue weighted by molar-refractivity contribution is 5.98. The highest BCUT2D eigenvalue weighted by atomic mass is 16.6. The van der Waals surface area contributed by atoms with E-state index in [0.29, 0.717) is 19.4 Å². The van der Waals surface area contributed by atoms with Crippen LogP contribution >= 0.6 is 0 Å². The summed E-state index contributed by atoms with van der Waals surface area (Å²) in [5.41, 5.74) is -2.04. The molecule has 36 heavy (non-hydrogen) atoms.